The van der Waals surface area contributed by atoms with E-state index in [-0.39, 0.29) is 30.2 Å². The number of nitrogens with one attached hydrogen (secondary N) is 1. The number of esters is 2. The van der Waals surface area contributed by atoms with Gasteiger partial charge in [0, 0.05) is 36.5 Å². The molecule has 0 aromatic heterocycles. The van der Waals surface area contributed by atoms with Gasteiger partial charge in [-0.05, 0) is 36.8 Å². The van der Waals surface area contributed by atoms with E-state index in [1.807, 2.05) is 0 Å². The highest BCUT2D eigenvalue weighted by Gasteiger charge is 2.36. The Kier molecular flexibility index (Phi) is 9.09. The van der Waals surface area contributed by atoms with Crippen molar-refractivity contribution in [2.75, 3.05) is 30.0 Å². The Morgan fingerprint density at radius 1 is 1.11 bits per heavy atom. The first-order chi connectivity index (χ1) is 17.3. The number of nitro benzene ring substituents is 1. The fourth-order valence-corrected chi connectivity index (χ4v) is 3.64. The molecule has 11 heteroatoms. The van der Waals surface area contributed by atoms with E-state index in [4.69, 9.17) is 9.47 Å². The van der Waals surface area contributed by atoms with E-state index in [2.05, 4.69) is 12.2 Å². The Morgan fingerprint density at radius 3 is 2.56 bits per heavy atom. The third kappa shape index (κ3) is 7.11. The third-order valence-corrected chi connectivity index (χ3v) is 5.54. The summed E-state index contributed by atoms with van der Waals surface area (Å²) in [7, 11) is 0. The number of carbonyl (C=O) groups is 4. The van der Waals surface area contributed by atoms with Crippen molar-refractivity contribution in [2.45, 2.75) is 32.6 Å². The van der Waals surface area contributed by atoms with Crippen LogP contribution in [-0.4, -0.2) is 48.4 Å². The minimum Gasteiger partial charge on any atom is -0.462 e. The SMILES string of the molecule is CCCCCOC(=O)c1ccc(N2C[C@@H](C(=O)OCC(=O)Nc3cccc([N+](=O)[O-])c3)CC2=O)cc1. The van der Waals surface area contributed by atoms with Crippen molar-refractivity contribution in [3.05, 3.63) is 64.2 Å². The average Bonchev–Trinajstić information content (AvgIpc) is 3.27. The molecule has 0 saturated carbocycles. The first-order valence-electron chi connectivity index (χ1n) is 11.6. The molecule has 0 bridgehead atoms. The molecule has 0 aliphatic carbocycles. The number of benzene rings is 2. The smallest absolute Gasteiger partial charge is 0.338 e. The van der Waals surface area contributed by atoms with Crippen LogP contribution in [0.5, 0.6) is 0 Å². The molecule has 1 aliphatic rings. The van der Waals surface area contributed by atoms with Crippen LogP contribution in [0.3, 0.4) is 0 Å². The Bertz CT molecular complexity index is 1130. The normalized spacial score (nSPS) is 14.9. The number of ether oxygens (including phenoxy) is 2. The van der Waals surface area contributed by atoms with E-state index < -0.39 is 35.3 Å². The summed E-state index contributed by atoms with van der Waals surface area (Å²) in [5.41, 5.74) is 0.904. The van der Waals surface area contributed by atoms with Gasteiger partial charge in [0.2, 0.25) is 5.91 Å². The summed E-state index contributed by atoms with van der Waals surface area (Å²) in [5, 5.41) is 13.3. The van der Waals surface area contributed by atoms with Crippen LogP contribution in [-0.2, 0) is 23.9 Å². The minimum atomic E-state index is -0.758. The number of unbranched alkanes of at least 4 members (excludes halogenated alkanes) is 2. The molecular weight excluding hydrogens is 470 g/mol. The first-order valence-corrected chi connectivity index (χ1v) is 11.6. The van der Waals surface area contributed by atoms with Gasteiger partial charge in [-0.1, -0.05) is 25.8 Å². The summed E-state index contributed by atoms with van der Waals surface area (Å²) in [6.45, 7) is 1.89. The Labute approximate surface area is 207 Å². The highest BCUT2D eigenvalue weighted by atomic mass is 16.6. The maximum atomic E-state index is 12.5. The summed E-state index contributed by atoms with van der Waals surface area (Å²) in [6, 6.07) is 11.7. The van der Waals surface area contributed by atoms with E-state index in [1.54, 1.807) is 24.3 Å². The lowest BCUT2D eigenvalue weighted by molar-refractivity contribution is -0.384. The second-order valence-corrected chi connectivity index (χ2v) is 8.26. The molecule has 0 unspecified atom stereocenters. The number of hydrogen-bond acceptors (Lipinski definition) is 8. The summed E-state index contributed by atoms with van der Waals surface area (Å²) >= 11 is 0. The molecule has 1 saturated heterocycles. The van der Waals surface area contributed by atoms with Crippen molar-refractivity contribution in [3.8, 4) is 0 Å². The second kappa shape index (κ2) is 12.4. The zero-order valence-electron chi connectivity index (χ0n) is 19.8. The molecule has 36 heavy (non-hydrogen) atoms. The highest BCUT2D eigenvalue weighted by molar-refractivity contribution is 6.00. The van der Waals surface area contributed by atoms with Crippen molar-refractivity contribution in [1.29, 1.82) is 0 Å². The Hall–Kier alpha value is -4.28. The van der Waals surface area contributed by atoms with Gasteiger partial charge in [0.15, 0.2) is 6.61 Å². The average molecular weight is 498 g/mol. The highest BCUT2D eigenvalue weighted by Crippen LogP contribution is 2.26. The van der Waals surface area contributed by atoms with E-state index in [0.29, 0.717) is 17.9 Å². The summed E-state index contributed by atoms with van der Waals surface area (Å²) < 4.78 is 10.3. The number of nitro groups is 1. The molecule has 1 heterocycles. The molecular formula is C25H27N3O8. The number of amides is 2. The van der Waals surface area contributed by atoms with Crippen molar-refractivity contribution in [3.63, 3.8) is 0 Å². The zero-order chi connectivity index (χ0) is 26.1. The number of hydrogen-bond donors (Lipinski definition) is 1. The molecule has 3 rings (SSSR count). The third-order valence-electron chi connectivity index (χ3n) is 5.54. The molecule has 2 aromatic carbocycles. The van der Waals surface area contributed by atoms with Crippen LogP contribution >= 0.6 is 0 Å². The van der Waals surface area contributed by atoms with Crippen LogP contribution in [0.15, 0.2) is 48.5 Å². The van der Waals surface area contributed by atoms with E-state index in [1.165, 1.54) is 29.2 Å². The van der Waals surface area contributed by atoms with Gasteiger partial charge in [0.05, 0.1) is 23.0 Å². The molecule has 190 valence electrons. The Balaban J connectivity index is 1.49. The first kappa shape index (κ1) is 26.3. The standard InChI is InChI=1S/C25H27N3O8/c1-2-3-4-12-35-24(31)17-8-10-20(11-9-17)27-15-18(13-23(27)30)25(32)36-16-22(29)26-19-6-5-7-21(14-19)28(33)34/h5-11,14,18H,2-4,12-13,15-16H2,1H3,(H,26,29)/t18-/m0/s1. The van der Waals surface area contributed by atoms with Gasteiger partial charge < -0.3 is 19.7 Å². The second-order valence-electron chi connectivity index (χ2n) is 8.26. The molecule has 0 spiro atoms. The molecule has 0 radical (unpaired) electrons. The molecule has 11 nitrogen and oxygen atoms in total. The van der Waals surface area contributed by atoms with Gasteiger partial charge in [-0.15, -0.1) is 0 Å². The van der Waals surface area contributed by atoms with Crippen LogP contribution in [0.25, 0.3) is 0 Å². The van der Waals surface area contributed by atoms with Crippen LogP contribution in [0.2, 0.25) is 0 Å². The Morgan fingerprint density at radius 2 is 1.86 bits per heavy atom. The fraction of sp³-hybridized carbons (Fsp3) is 0.360. The largest absolute Gasteiger partial charge is 0.462 e. The summed E-state index contributed by atoms with van der Waals surface area (Å²) in [6.07, 6.45) is 2.73. The van der Waals surface area contributed by atoms with Gasteiger partial charge in [-0.3, -0.25) is 24.5 Å². The summed E-state index contributed by atoms with van der Waals surface area (Å²) in [5.74, 6) is -2.84. The monoisotopic (exact) mass is 497 g/mol. The van der Waals surface area contributed by atoms with Gasteiger partial charge in [0.25, 0.3) is 11.6 Å². The number of nitrogens with zero attached hydrogens (tertiary/aromatic N) is 2. The number of carbonyl (C=O) groups excluding carboxylic acids is 4. The van der Waals surface area contributed by atoms with E-state index in [9.17, 15) is 29.3 Å². The fourth-order valence-electron chi connectivity index (χ4n) is 3.64. The molecule has 1 fully saturated rings. The zero-order valence-corrected chi connectivity index (χ0v) is 19.8. The number of rotatable bonds is 11. The predicted molar refractivity (Wildman–Crippen MR) is 129 cm³/mol. The van der Waals surface area contributed by atoms with Gasteiger partial charge >= 0.3 is 11.9 Å². The van der Waals surface area contributed by atoms with Crippen LogP contribution in [0.4, 0.5) is 17.1 Å². The number of non-ortho nitro benzene ring substituents is 1. The molecule has 2 amide bonds. The minimum absolute atomic E-state index is 0.0744. The molecule has 2 aromatic rings. The van der Waals surface area contributed by atoms with E-state index >= 15 is 0 Å². The van der Waals surface area contributed by atoms with Crippen LogP contribution in [0, 0.1) is 16.0 Å². The molecule has 1 N–H and O–H groups in total. The lowest BCUT2D eigenvalue weighted by Crippen LogP contribution is -2.28. The van der Waals surface area contributed by atoms with Crippen molar-refractivity contribution in [2.24, 2.45) is 5.92 Å². The van der Waals surface area contributed by atoms with E-state index in [0.717, 1.165) is 19.3 Å². The van der Waals surface area contributed by atoms with Crippen molar-refractivity contribution >= 4 is 40.8 Å². The van der Waals surface area contributed by atoms with Crippen LogP contribution in [0.1, 0.15) is 43.0 Å². The maximum absolute atomic E-state index is 12.5. The van der Waals surface area contributed by atoms with Crippen LogP contribution < -0.4 is 10.2 Å². The molecule has 1 aliphatic heterocycles. The lowest BCUT2D eigenvalue weighted by Gasteiger charge is -2.17. The quantitative estimate of drug-likeness (QED) is 0.215. The number of anilines is 2. The lowest BCUT2D eigenvalue weighted by atomic mass is 10.1. The van der Waals surface area contributed by atoms with Crippen molar-refractivity contribution in [1.82, 2.24) is 0 Å². The summed E-state index contributed by atoms with van der Waals surface area (Å²) in [4.78, 5) is 60.7. The van der Waals surface area contributed by atoms with Gasteiger partial charge in [-0.2, -0.15) is 0 Å². The molecule has 1 atom stereocenters. The maximum Gasteiger partial charge on any atom is 0.338 e. The topological polar surface area (TPSA) is 145 Å². The van der Waals surface area contributed by atoms with Gasteiger partial charge in [0.1, 0.15) is 0 Å². The predicted octanol–water partition coefficient (Wildman–Crippen LogP) is 3.48. The van der Waals surface area contributed by atoms with Gasteiger partial charge in [-0.25, -0.2) is 4.79 Å². The van der Waals surface area contributed by atoms with Crippen molar-refractivity contribution < 1.29 is 33.6 Å².